The molecule has 7 heteroatoms. The maximum Gasteiger partial charge on any atom is 0.270 e. The molecule has 110 valence electrons. The zero-order valence-electron chi connectivity index (χ0n) is 11.4. The van der Waals surface area contributed by atoms with E-state index in [4.69, 9.17) is 9.47 Å². The van der Waals surface area contributed by atoms with Gasteiger partial charge in [0.05, 0.1) is 29.4 Å². The van der Waals surface area contributed by atoms with E-state index < -0.39 is 10.7 Å². The minimum absolute atomic E-state index is 0.0637. The molecule has 7 nitrogen and oxygen atoms in total. The first-order chi connectivity index (χ1) is 10.1. The van der Waals surface area contributed by atoms with Crippen molar-refractivity contribution >= 4 is 11.4 Å². The van der Waals surface area contributed by atoms with Crippen molar-refractivity contribution in [1.29, 1.82) is 5.26 Å². The molecule has 2 aliphatic rings. The summed E-state index contributed by atoms with van der Waals surface area (Å²) in [5.74, 6) is -0.468. The van der Waals surface area contributed by atoms with E-state index in [1.54, 1.807) is 6.07 Å². The third-order valence-electron chi connectivity index (χ3n) is 3.99. The van der Waals surface area contributed by atoms with Gasteiger partial charge in [0.25, 0.3) is 5.69 Å². The average molecular weight is 289 g/mol. The molecule has 2 aliphatic heterocycles. The molecular formula is C14H15N3O4. The molecule has 0 N–H and O–H groups in total. The number of anilines is 1. The minimum atomic E-state index is -0.490. The van der Waals surface area contributed by atoms with Crippen LogP contribution in [-0.4, -0.2) is 37.0 Å². The van der Waals surface area contributed by atoms with Crippen LogP contribution in [0.5, 0.6) is 0 Å². The fraction of sp³-hybridized carbons (Fsp3) is 0.500. The zero-order valence-corrected chi connectivity index (χ0v) is 11.4. The highest BCUT2D eigenvalue weighted by Crippen LogP contribution is 2.34. The molecule has 1 aromatic carbocycles. The number of nitro groups is 1. The van der Waals surface area contributed by atoms with Crippen LogP contribution in [0.1, 0.15) is 18.4 Å². The van der Waals surface area contributed by atoms with Crippen LogP contribution in [0.3, 0.4) is 0 Å². The lowest BCUT2D eigenvalue weighted by Crippen LogP contribution is -2.45. The van der Waals surface area contributed by atoms with Crippen molar-refractivity contribution < 1.29 is 14.4 Å². The highest BCUT2D eigenvalue weighted by Gasteiger charge is 2.40. The largest absolute Gasteiger partial charge is 0.370 e. The molecule has 0 bridgehead atoms. The van der Waals surface area contributed by atoms with Gasteiger partial charge in [0.1, 0.15) is 6.07 Å². The Morgan fingerprint density at radius 3 is 2.52 bits per heavy atom. The number of nitrogens with zero attached hydrogens (tertiary/aromatic N) is 3. The number of hydrogen-bond acceptors (Lipinski definition) is 6. The van der Waals surface area contributed by atoms with Crippen molar-refractivity contribution in [1.82, 2.24) is 0 Å². The fourth-order valence-electron chi connectivity index (χ4n) is 2.88. The van der Waals surface area contributed by atoms with E-state index >= 15 is 0 Å². The lowest BCUT2D eigenvalue weighted by atomic mass is 10.0. The lowest BCUT2D eigenvalue weighted by molar-refractivity contribution is -0.384. The van der Waals surface area contributed by atoms with Crippen LogP contribution in [-0.2, 0) is 9.47 Å². The first kappa shape index (κ1) is 13.8. The van der Waals surface area contributed by atoms with Gasteiger partial charge in [-0.25, -0.2) is 0 Å². The molecule has 1 spiro atoms. The zero-order chi connectivity index (χ0) is 14.9. The van der Waals surface area contributed by atoms with E-state index in [-0.39, 0.29) is 5.69 Å². The molecule has 3 rings (SSSR count). The van der Waals surface area contributed by atoms with Crippen LogP contribution in [0.25, 0.3) is 0 Å². The predicted molar refractivity (Wildman–Crippen MR) is 73.9 cm³/mol. The third kappa shape index (κ3) is 2.55. The quantitative estimate of drug-likeness (QED) is 0.609. The van der Waals surface area contributed by atoms with Crippen LogP contribution in [0.4, 0.5) is 11.4 Å². The highest BCUT2D eigenvalue weighted by atomic mass is 16.7. The van der Waals surface area contributed by atoms with Gasteiger partial charge in [0, 0.05) is 38.1 Å². The van der Waals surface area contributed by atoms with Crippen LogP contribution >= 0.6 is 0 Å². The second-order valence-electron chi connectivity index (χ2n) is 5.17. The molecule has 21 heavy (non-hydrogen) atoms. The van der Waals surface area contributed by atoms with E-state index in [0.717, 1.165) is 18.5 Å². The topological polar surface area (TPSA) is 88.6 Å². The number of non-ortho nitro benzene ring substituents is 1. The normalized spacial score (nSPS) is 20.4. The number of nitro benzene ring substituents is 1. The average Bonchev–Trinajstić information content (AvgIpc) is 2.95. The number of nitriles is 1. The first-order valence-electron chi connectivity index (χ1n) is 6.85. The van der Waals surface area contributed by atoms with Crippen LogP contribution in [0.2, 0.25) is 0 Å². The van der Waals surface area contributed by atoms with Gasteiger partial charge in [-0.1, -0.05) is 0 Å². The van der Waals surface area contributed by atoms with E-state index in [2.05, 4.69) is 4.90 Å². The Bertz CT molecular complexity index is 595. The molecule has 1 aromatic rings. The Morgan fingerprint density at radius 2 is 1.95 bits per heavy atom. The molecular weight excluding hydrogens is 274 g/mol. The smallest absolute Gasteiger partial charge is 0.270 e. The summed E-state index contributed by atoms with van der Waals surface area (Å²) in [5, 5.41) is 20.0. The summed E-state index contributed by atoms with van der Waals surface area (Å²) in [5.41, 5.74) is 0.996. The number of hydrogen-bond donors (Lipinski definition) is 0. The van der Waals surface area contributed by atoms with E-state index in [9.17, 15) is 15.4 Å². The second-order valence-corrected chi connectivity index (χ2v) is 5.17. The summed E-state index contributed by atoms with van der Waals surface area (Å²) in [7, 11) is 0. The van der Waals surface area contributed by atoms with E-state index in [0.29, 0.717) is 31.9 Å². The van der Waals surface area contributed by atoms with Gasteiger partial charge in [-0.15, -0.1) is 0 Å². The van der Waals surface area contributed by atoms with Gasteiger partial charge >= 0.3 is 0 Å². The molecule has 2 saturated heterocycles. The summed E-state index contributed by atoms with van der Waals surface area (Å²) in [6.45, 7) is 2.65. The van der Waals surface area contributed by atoms with Gasteiger partial charge in [0.15, 0.2) is 5.79 Å². The Labute approximate surface area is 121 Å². The van der Waals surface area contributed by atoms with Crippen molar-refractivity contribution in [3.05, 3.63) is 33.9 Å². The van der Waals surface area contributed by atoms with Crippen molar-refractivity contribution in [2.24, 2.45) is 0 Å². The highest BCUT2D eigenvalue weighted by molar-refractivity contribution is 5.63. The Morgan fingerprint density at radius 1 is 1.29 bits per heavy atom. The monoisotopic (exact) mass is 289 g/mol. The van der Waals surface area contributed by atoms with E-state index in [1.807, 2.05) is 6.07 Å². The van der Waals surface area contributed by atoms with Gasteiger partial charge in [-0.2, -0.15) is 5.26 Å². The molecule has 0 unspecified atom stereocenters. The summed E-state index contributed by atoms with van der Waals surface area (Å²) >= 11 is 0. The second kappa shape index (κ2) is 5.31. The number of benzene rings is 1. The van der Waals surface area contributed by atoms with Crippen molar-refractivity contribution in [2.45, 2.75) is 18.6 Å². The number of ether oxygens (including phenoxy) is 2. The number of piperidine rings is 1. The molecule has 0 aliphatic carbocycles. The minimum Gasteiger partial charge on any atom is -0.370 e. The van der Waals surface area contributed by atoms with Gasteiger partial charge in [0.2, 0.25) is 0 Å². The molecule has 2 fully saturated rings. The van der Waals surface area contributed by atoms with Crippen LogP contribution in [0, 0.1) is 21.4 Å². The SMILES string of the molecule is N#Cc1cc([N+](=O)[O-])ccc1N1CCC2(CC1)OCCO2. The standard InChI is InChI=1S/C14H15N3O4/c15-10-11-9-12(17(18)19)1-2-13(11)16-5-3-14(4-6-16)20-7-8-21-14/h1-2,9H,3-8H2. The van der Waals surface area contributed by atoms with Gasteiger partial charge in [-0.3, -0.25) is 10.1 Å². The fourth-order valence-corrected chi connectivity index (χ4v) is 2.88. The lowest BCUT2D eigenvalue weighted by Gasteiger charge is -2.38. The molecule has 2 heterocycles. The summed E-state index contributed by atoms with van der Waals surface area (Å²) in [4.78, 5) is 12.3. The van der Waals surface area contributed by atoms with Crippen LogP contribution < -0.4 is 4.90 Å². The molecule has 0 atom stereocenters. The Hall–Kier alpha value is -2.17. The first-order valence-corrected chi connectivity index (χ1v) is 6.85. The molecule has 0 saturated carbocycles. The van der Waals surface area contributed by atoms with E-state index in [1.165, 1.54) is 12.1 Å². The van der Waals surface area contributed by atoms with Crippen molar-refractivity contribution in [3.8, 4) is 6.07 Å². The summed E-state index contributed by atoms with van der Waals surface area (Å²) < 4.78 is 11.3. The predicted octanol–water partition coefficient (Wildman–Crippen LogP) is 1.81. The number of rotatable bonds is 2. The maximum absolute atomic E-state index is 10.8. The maximum atomic E-state index is 10.8. The molecule has 0 aromatic heterocycles. The Balaban J connectivity index is 1.79. The van der Waals surface area contributed by atoms with Crippen LogP contribution in [0.15, 0.2) is 18.2 Å². The Kier molecular flexibility index (Phi) is 3.49. The van der Waals surface area contributed by atoms with Crippen molar-refractivity contribution in [3.63, 3.8) is 0 Å². The molecule has 0 radical (unpaired) electrons. The van der Waals surface area contributed by atoms with Gasteiger partial charge in [-0.05, 0) is 6.07 Å². The molecule has 0 amide bonds. The summed E-state index contributed by atoms with van der Waals surface area (Å²) in [6, 6.07) is 6.44. The van der Waals surface area contributed by atoms with Gasteiger partial charge < -0.3 is 14.4 Å². The van der Waals surface area contributed by atoms with Crippen molar-refractivity contribution in [2.75, 3.05) is 31.2 Å². The third-order valence-corrected chi connectivity index (χ3v) is 3.99. The summed E-state index contributed by atoms with van der Waals surface area (Å²) in [6.07, 6.45) is 1.46.